The van der Waals surface area contributed by atoms with Gasteiger partial charge in [-0.3, -0.25) is 0 Å². The van der Waals surface area contributed by atoms with Crippen molar-refractivity contribution in [2.45, 2.75) is 0 Å². The molecule has 10 nitrogen and oxygen atoms in total. The minimum Gasteiger partial charge on any atom is -0.545 e. The number of benzene rings is 4. The van der Waals surface area contributed by atoms with Crippen LogP contribution in [0, 0.1) is 0 Å². The maximum absolute atomic E-state index is 10.1. The molecule has 4 aromatic carbocycles. The Hall–Kier alpha value is -2.36. The SMILES string of the molecule is O.O.O=C([O-])c1ccccc1.O=C([O-])c1ccccc1.O=C([O-])c1ccccc1.O=C([O-])c1ccccc1.[Sr+2].[Sr+2]. The van der Waals surface area contributed by atoms with Crippen LogP contribution in [0.1, 0.15) is 41.4 Å². The van der Waals surface area contributed by atoms with Gasteiger partial charge in [0.1, 0.15) is 0 Å². The van der Waals surface area contributed by atoms with E-state index in [0.29, 0.717) is 0 Å². The van der Waals surface area contributed by atoms with Crippen molar-refractivity contribution in [1.82, 2.24) is 0 Å². The van der Waals surface area contributed by atoms with Gasteiger partial charge in [0.25, 0.3) is 0 Å². The molecule has 200 valence electrons. The van der Waals surface area contributed by atoms with Gasteiger partial charge in [0.05, 0.1) is 23.9 Å². The van der Waals surface area contributed by atoms with Crippen LogP contribution in [0.5, 0.6) is 0 Å². The molecule has 4 aromatic rings. The van der Waals surface area contributed by atoms with Crippen LogP contribution in [0.3, 0.4) is 0 Å². The molecule has 4 N–H and O–H groups in total. The largest absolute Gasteiger partial charge is 2.00 e. The van der Waals surface area contributed by atoms with E-state index < -0.39 is 23.9 Å². The molecule has 0 saturated carbocycles. The number of carbonyl (C=O) groups excluding carboxylic acids is 4. The molecule has 0 bridgehead atoms. The first kappa shape index (κ1) is 44.7. The summed E-state index contributed by atoms with van der Waals surface area (Å²) in [5.41, 5.74) is 0.880. The number of aromatic carboxylic acids is 4. The molecule has 0 heterocycles. The van der Waals surface area contributed by atoms with E-state index in [1.165, 1.54) is 48.5 Å². The Balaban J connectivity index is -0.000000209. The summed E-state index contributed by atoms with van der Waals surface area (Å²) >= 11 is 0. The van der Waals surface area contributed by atoms with E-state index in [9.17, 15) is 39.6 Å². The summed E-state index contributed by atoms with van der Waals surface area (Å²) in [5.74, 6) is -4.52. The Labute approximate surface area is 305 Å². The van der Waals surface area contributed by atoms with Crippen molar-refractivity contribution in [3.05, 3.63) is 144 Å². The number of hydrogen-bond acceptors (Lipinski definition) is 8. The minimum atomic E-state index is -1.13. The average Bonchev–Trinajstić information content (AvgIpc) is 2.92. The number of carboxylic acid groups (broad SMARTS) is 4. The third kappa shape index (κ3) is 20.5. The first-order valence-corrected chi connectivity index (χ1v) is 10.3. The zero-order valence-corrected chi connectivity index (χ0v) is 28.2. The normalized spacial score (nSPS) is 8.00. The van der Waals surface area contributed by atoms with Crippen molar-refractivity contribution in [3.63, 3.8) is 0 Å². The average molecular weight is 696 g/mol. The summed E-state index contributed by atoms with van der Waals surface area (Å²) in [5, 5.41) is 40.4. The van der Waals surface area contributed by atoms with E-state index >= 15 is 0 Å². The zero-order chi connectivity index (χ0) is 26.8. The van der Waals surface area contributed by atoms with Gasteiger partial charge in [0.2, 0.25) is 0 Å². The van der Waals surface area contributed by atoms with Crippen molar-refractivity contribution in [2.24, 2.45) is 0 Å². The van der Waals surface area contributed by atoms with Gasteiger partial charge in [-0.05, 0) is 22.3 Å². The Kier molecular flexibility index (Phi) is 30.0. The third-order valence-electron chi connectivity index (χ3n) is 4.04. The van der Waals surface area contributed by atoms with E-state index in [1.807, 2.05) is 0 Å². The van der Waals surface area contributed by atoms with Crippen LogP contribution in [0.2, 0.25) is 0 Å². The molecule has 0 aliphatic rings. The second-order valence-corrected chi connectivity index (χ2v) is 6.61. The molecule has 40 heavy (non-hydrogen) atoms. The van der Waals surface area contributed by atoms with Crippen LogP contribution in [-0.4, -0.2) is 126 Å². The summed E-state index contributed by atoms with van der Waals surface area (Å²) in [6, 6.07) is 32.3. The fourth-order valence-electron chi connectivity index (χ4n) is 2.30. The summed E-state index contributed by atoms with van der Waals surface area (Å²) in [6.45, 7) is 0. The van der Waals surface area contributed by atoms with Crippen LogP contribution in [0.15, 0.2) is 121 Å². The number of hydrogen-bond donors (Lipinski definition) is 0. The van der Waals surface area contributed by atoms with Crippen molar-refractivity contribution >= 4 is 115 Å². The minimum absolute atomic E-state index is 0. The summed E-state index contributed by atoms with van der Waals surface area (Å²) in [7, 11) is 0. The molecular weight excluding hydrogens is 672 g/mol. The van der Waals surface area contributed by atoms with Crippen LogP contribution in [0.4, 0.5) is 0 Å². The Bertz CT molecular complexity index is 1030. The first-order valence-electron chi connectivity index (χ1n) is 10.3. The fraction of sp³-hybridized carbons (Fsp3) is 0. The Morgan fingerprint density at radius 3 is 0.525 bits per heavy atom. The molecule has 12 heteroatoms. The summed E-state index contributed by atoms with van der Waals surface area (Å²) in [4.78, 5) is 40.4. The topological polar surface area (TPSA) is 224 Å². The van der Waals surface area contributed by atoms with Crippen molar-refractivity contribution in [3.8, 4) is 0 Å². The fourth-order valence-corrected chi connectivity index (χ4v) is 2.30. The molecule has 0 unspecified atom stereocenters. The van der Waals surface area contributed by atoms with Crippen molar-refractivity contribution in [1.29, 1.82) is 0 Å². The molecule has 0 aromatic heterocycles. The monoisotopic (exact) mass is 696 g/mol. The van der Waals surface area contributed by atoms with E-state index in [1.54, 1.807) is 72.8 Å². The van der Waals surface area contributed by atoms with E-state index in [0.717, 1.165) is 0 Å². The molecule has 0 amide bonds. The second kappa shape index (κ2) is 26.8. The van der Waals surface area contributed by atoms with Crippen molar-refractivity contribution in [2.75, 3.05) is 0 Å². The van der Waals surface area contributed by atoms with Gasteiger partial charge in [0.15, 0.2) is 0 Å². The molecule has 0 aliphatic heterocycles. The molecule has 0 radical (unpaired) electrons. The molecule has 4 rings (SSSR count). The van der Waals surface area contributed by atoms with E-state index in [2.05, 4.69) is 0 Å². The molecule has 0 aliphatic carbocycles. The van der Waals surface area contributed by atoms with Gasteiger partial charge in [-0.15, -0.1) is 0 Å². The van der Waals surface area contributed by atoms with Crippen LogP contribution >= 0.6 is 0 Å². The molecule has 0 saturated heterocycles. The zero-order valence-electron chi connectivity index (χ0n) is 21.2. The third-order valence-corrected chi connectivity index (χ3v) is 4.04. The standard InChI is InChI=1S/4C7H6O2.2H2O.2Sr/c4*8-7(9)6-4-2-1-3-5-6;;;;/h4*1-5H,(H,8,9);2*1H2;;/q;;;;;;2*+2/p-4. The van der Waals surface area contributed by atoms with Gasteiger partial charge >= 0.3 is 91.0 Å². The van der Waals surface area contributed by atoms with Gasteiger partial charge in [-0.1, -0.05) is 121 Å². The van der Waals surface area contributed by atoms with Gasteiger partial charge in [0, 0.05) is 0 Å². The summed E-state index contributed by atoms with van der Waals surface area (Å²) < 4.78 is 0. The van der Waals surface area contributed by atoms with Crippen molar-refractivity contribution < 1.29 is 50.6 Å². The van der Waals surface area contributed by atoms with Gasteiger partial charge in [-0.25, -0.2) is 0 Å². The quantitative estimate of drug-likeness (QED) is 0.212. The smallest absolute Gasteiger partial charge is 0.545 e. The Morgan fingerprint density at radius 2 is 0.450 bits per heavy atom. The van der Waals surface area contributed by atoms with Gasteiger partial charge in [-0.2, -0.15) is 0 Å². The molecule has 0 spiro atoms. The maximum Gasteiger partial charge on any atom is 2.00 e. The number of carbonyl (C=O) groups is 4. The molecule has 0 atom stereocenters. The van der Waals surface area contributed by atoms with Gasteiger partial charge < -0.3 is 50.6 Å². The maximum atomic E-state index is 10.1. The molecule has 0 fully saturated rings. The van der Waals surface area contributed by atoms with Crippen LogP contribution < -0.4 is 20.4 Å². The predicted molar refractivity (Wildman–Crippen MR) is 142 cm³/mol. The molecular formula is C28H24O10Sr2. The summed E-state index contributed by atoms with van der Waals surface area (Å²) in [6.07, 6.45) is 0. The second-order valence-electron chi connectivity index (χ2n) is 6.61. The predicted octanol–water partition coefficient (Wildman–Crippen LogP) is -2.21. The number of carboxylic acids is 4. The van der Waals surface area contributed by atoms with E-state index in [4.69, 9.17) is 0 Å². The first-order chi connectivity index (χ1) is 17.2. The number of rotatable bonds is 4. The van der Waals surface area contributed by atoms with Crippen LogP contribution in [-0.2, 0) is 0 Å². The Morgan fingerprint density at radius 1 is 0.325 bits per heavy atom. The van der Waals surface area contributed by atoms with Crippen LogP contribution in [0.25, 0.3) is 0 Å². The van der Waals surface area contributed by atoms with E-state index in [-0.39, 0.29) is 124 Å².